The largest absolute Gasteiger partial charge is 0.367 e. The highest BCUT2D eigenvalue weighted by atomic mass is 127. The van der Waals surface area contributed by atoms with Crippen LogP contribution in [0.4, 0.5) is 5.82 Å². The molecule has 0 spiro atoms. The van der Waals surface area contributed by atoms with Gasteiger partial charge in [0.1, 0.15) is 5.82 Å². The molecule has 0 radical (unpaired) electrons. The maximum absolute atomic E-state index is 12.3. The van der Waals surface area contributed by atoms with Crippen molar-refractivity contribution in [2.24, 2.45) is 5.41 Å². The molecular formula is C17H19IN4O. The molecule has 1 atom stereocenters. The molecule has 5 nitrogen and oxygen atoms in total. The third-order valence-electron chi connectivity index (χ3n) is 4.24. The lowest BCUT2D eigenvalue weighted by Gasteiger charge is -2.29. The van der Waals surface area contributed by atoms with Gasteiger partial charge in [-0.2, -0.15) is 0 Å². The molecule has 0 fully saturated rings. The molecule has 0 aliphatic heterocycles. The molecule has 0 aromatic carbocycles. The van der Waals surface area contributed by atoms with Crippen molar-refractivity contribution in [2.75, 3.05) is 5.32 Å². The Balaban J connectivity index is 2.33. The number of anilines is 1. The smallest absolute Gasteiger partial charge is 0.258 e. The molecule has 0 saturated carbocycles. The topological polar surface area (TPSA) is 70.7 Å². The van der Waals surface area contributed by atoms with Gasteiger partial charge in [0, 0.05) is 35.4 Å². The minimum atomic E-state index is -0.138. The van der Waals surface area contributed by atoms with E-state index >= 15 is 0 Å². The first-order valence-corrected chi connectivity index (χ1v) is 8.58. The minimum absolute atomic E-state index is 0.0945. The van der Waals surface area contributed by atoms with E-state index in [1.807, 2.05) is 6.07 Å². The lowest BCUT2D eigenvalue weighted by molar-refractivity contribution is 0.359. The zero-order valence-corrected chi connectivity index (χ0v) is 15.7. The summed E-state index contributed by atoms with van der Waals surface area (Å²) in [7, 11) is 0. The van der Waals surface area contributed by atoms with Crippen LogP contribution < -0.4 is 10.9 Å². The van der Waals surface area contributed by atoms with Gasteiger partial charge in [0.15, 0.2) is 0 Å². The van der Waals surface area contributed by atoms with Crippen molar-refractivity contribution >= 4 is 50.1 Å². The van der Waals surface area contributed by atoms with Crippen LogP contribution >= 0.6 is 22.6 Å². The number of aromatic amines is 1. The molecule has 0 aliphatic carbocycles. The third kappa shape index (κ3) is 2.91. The van der Waals surface area contributed by atoms with E-state index in [1.165, 1.54) is 0 Å². The molecule has 1 unspecified atom stereocenters. The molecule has 6 heteroatoms. The van der Waals surface area contributed by atoms with Crippen LogP contribution in [-0.2, 0) is 0 Å². The number of nitrogens with one attached hydrogen (secondary N) is 2. The fraction of sp³-hybridized carbons (Fsp3) is 0.353. The number of hydrogen-bond donors (Lipinski definition) is 2. The second kappa shape index (κ2) is 5.74. The zero-order chi connectivity index (χ0) is 16.8. The molecule has 3 aromatic heterocycles. The molecule has 2 N–H and O–H groups in total. The predicted octanol–water partition coefficient (Wildman–Crippen LogP) is 3.92. The first kappa shape index (κ1) is 16.2. The Morgan fingerprint density at radius 3 is 2.74 bits per heavy atom. The van der Waals surface area contributed by atoms with Crippen molar-refractivity contribution in [1.29, 1.82) is 0 Å². The molecule has 0 bridgehead atoms. The quantitative estimate of drug-likeness (QED) is 0.485. The first-order valence-electron chi connectivity index (χ1n) is 7.50. The summed E-state index contributed by atoms with van der Waals surface area (Å²) in [6.07, 6.45) is 5.15. The van der Waals surface area contributed by atoms with Crippen LogP contribution in [0.5, 0.6) is 0 Å². The molecule has 3 rings (SSSR count). The Bertz CT molecular complexity index is 943. The average Bonchev–Trinajstić information content (AvgIpc) is 2.50. The van der Waals surface area contributed by atoms with E-state index in [4.69, 9.17) is 4.98 Å². The molecule has 120 valence electrons. The monoisotopic (exact) mass is 422 g/mol. The van der Waals surface area contributed by atoms with Crippen LogP contribution in [-0.4, -0.2) is 21.0 Å². The van der Waals surface area contributed by atoms with E-state index in [1.54, 1.807) is 18.6 Å². The summed E-state index contributed by atoms with van der Waals surface area (Å²) in [6.45, 7) is 8.69. The van der Waals surface area contributed by atoms with E-state index < -0.39 is 0 Å². The fourth-order valence-corrected chi connectivity index (χ4v) is 2.91. The molecule has 0 saturated heterocycles. The molecule has 3 heterocycles. The van der Waals surface area contributed by atoms with Gasteiger partial charge in [-0.15, -0.1) is 0 Å². The molecule has 0 aliphatic rings. The minimum Gasteiger partial charge on any atom is -0.367 e. The maximum Gasteiger partial charge on any atom is 0.258 e. The van der Waals surface area contributed by atoms with Gasteiger partial charge < -0.3 is 10.3 Å². The summed E-state index contributed by atoms with van der Waals surface area (Å²) in [4.78, 5) is 24.0. The van der Waals surface area contributed by atoms with Gasteiger partial charge in [0.2, 0.25) is 0 Å². The maximum atomic E-state index is 12.3. The highest BCUT2D eigenvalue weighted by Gasteiger charge is 2.22. The average molecular weight is 422 g/mol. The van der Waals surface area contributed by atoms with Crippen LogP contribution in [0.3, 0.4) is 0 Å². The zero-order valence-electron chi connectivity index (χ0n) is 13.6. The summed E-state index contributed by atoms with van der Waals surface area (Å²) in [6, 6.07) is 2.13. The van der Waals surface area contributed by atoms with Crippen molar-refractivity contribution in [2.45, 2.75) is 33.7 Å². The first-order chi connectivity index (χ1) is 10.8. The standard InChI is InChI=1S/C17H19IN4O/c1-9(17(2,3)4)21-15-10-5-6-19-7-11(10)13-14(22-15)12(18)8-20-16(13)23/h5-9H,1-4H3,(H,20,23)(H,21,22). The fourth-order valence-electron chi connectivity index (χ4n) is 2.36. The predicted molar refractivity (Wildman–Crippen MR) is 103 cm³/mol. The summed E-state index contributed by atoms with van der Waals surface area (Å²) in [5, 5.41) is 5.83. The summed E-state index contributed by atoms with van der Waals surface area (Å²) in [5.41, 5.74) is 0.664. The van der Waals surface area contributed by atoms with Gasteiger partial charge >= 0.3 is 0 Å². The summed E-state index contributed by atoms with van der Waals surface area (Å²) < 4.78 is 0.911. The highest BCUT2D eigenvalue weighted by molar-refractivity contribution is 14.1. The van der Waals surface area contributed by atoms with E-state index in [9.17, 15) is 4.79 Å². The van der Waals surface area contributed by atoms with Crippen LogP contribution in [0.15, 0.2) is 29.5 Å². The summed E-state index contributed by atoms with van der Waals surface area (Å²) >= 11 is 2.19. The van der Waals surface area contributed by atoms with Gasteiger partial charge in [-0.1, -0.05) is 20.8 Å². The van der Waals surface area contributed by atoms with Gasteiger partial charge in [-0.05, 0) is 41.0 Å². The van der Waals surface area contributed by atoms with Gasteiger partial charge in [0.25, 0.3) is 5.56 Å². The highest BCUT2D eigenvalue weighted by Crippen LogP contribution is 2.31. The van der Waals surface area contributed by atoms with Gasteiger partial charge in [0.05, 0.1) is 14.5 Å². The van der Waals surface area contributed by atoms with Crippen molar-refractivity contribution < 1.29 is 0 Å². The number of H-pyrrole nitrogens is 1. The third-order valence-corrected chi connectivity index (χ3v) is 5.06. The van der Waals surface area contributed by atoms with Crippen LogP contribution in [0.1, 0.15) is 27.7 Å². The molecular weight excluding hydrogens is 403 g/mol. The van der Waals surface area contributed by atoms with E-state index in [2.05, 4.69) is 65.6 Å². The molecule has 3 aromatic rings. The normalized spacial score (nSPS) is 13.4. The van der Waals surface area contributed by atoms with Crippen molar-refractivity contribution in [3.63, 3.8) is 0 Å². The molecule has 0 amide bonds. The van der Waals surface area contributed by atoms with E-state index in [0.717, 1.165) is 20.2 Å². The van der Waals surface area contributed by atoms with Gasteiger partial charge in [-0.25, -0.2) is 4.98 Å². The second-order valence-electron chi connectivity index (χ2n) is 6.80. The van der Waals surface area contributed by atoms with Crippen molar-refractivity contribution in [3.05, 3.63) is 38.6 Å². The van der Waals surface area contributed by atoms with Crippen LogP contribution in [0.2, 0.25) is 0 Å². The summed E-state index contributed by atoms with van der Waals surface area (Å²) in [5.74, 6) is 0.792. The number of hydrogen-bond acceptors (Lipinski definition) is 4. The number of aromatic nitrogens is 3. The SMILES string of the molecule is CC(Nc1nc2c(I)c[nH]c(=O)c2c2cnccc12)C(C)(C)C. The van der Waals surface area contributed by atoms with E-state index in [-0.39, 0.29) is 17.0 Å². The number of pyridine rings is 3. The Hall–Kier alpha value is -1.70. The number of nitrogens with zero attached hydrogens (tertiary/aromatic N) is 2. The molecule has 23 heavy (non-hydrogen) atoms. The van der Waals surface area contributed by atoms with Crippen LogP contribution in [0, 0.1) is 8.99 Å². The Morgan fingerprint density at radius 2 is 2.04 bits per heavy atom. The Morgan fingerprint density at radius 1 is 1.30 bits per heavy atom. The Kier molecular flexibility index (Phi) is 4.03. The van der Waals surface area contributed by atoms with Crippen LogP contribution in [0.25, 0.3) is 21.7 Å². The van der Waals surface area contributed by atoms with E-state index in [0.29, 0.717) is 10.9 Å². The second-order valence-corrected chi connectivity index (χ2v) is 7.97. The lowest BCUT2D eigenvalue weighted by Crippen LogP contribution is -2.31. The van der Waals surface area contributed by atoms with Crippen molar-refractivity contribution in [3.8, 4) is 0 Å². The number of rotatable bonds is 2. The lowest BCUT2D eigenvalue weighted by atomic mass is 9.88. The number of fused-ring (bicyclic) bond motifs is 3. The number of halogens is 1. The Labute approximate surface area is 148 Å². The van der Waals surface area contributed by atoms with Crippen molar-refractivity contribution in [1.82, 2.24) is 15.0 Å². The van der Waals surface area contributed by atoms with Gasteiger partial charge in [-0.3, -0.25) is 9.78 Å².